The molecule has 0 bridgehead atoms. The maximum Gasteiger partial charge on any atom is 0.305 e. The molecule has 0 aliphatic heterocycles. The monoisotopic (exact) mass is 239 g/mol. The molecule has 3 nitrogen and oxygen atoms in total. The van der Waals surface area contributed by atoms with Crippen molar-refractivity contribution in [2.75, 3.05) is 7.11 Å². The summed E-state index contributed by atoms with van der Waals surface area (Å²) in [6, 6.07) is 2.17. The standard InChI is InChI=1S/C14H25NO2/c1-17-14(16)12-10-8-6-4-2-3-5-7-9-11-13-15/h2-12H2,1H3. The van der Waals surface area contributed by atoms with Gasteiger partial charge in [0.1, 0.15) is 0 Å². The molecule has 0 rings (SSSR count). The number of rotatable bonds is 11. The Balaban J connectivity index is 2.99. The number of hydrogen-bond donors (Lipinski definition) is 0. The third-order valence-corrected chi connectivity index (χ3v) is 2.90. The number of carbonyl (C=O) groups excluding carboxylic acids is 1. The molecule has 0 aliphatic carbocycles. The zero-order chi connectivity index (χ0) is 12.8. The van der Waals surface area contributed by atoms with E-state index in [4.69, 9.17) is 5.26 Å². The van der Waals surface area contributed by atoms with Crippen LogP contribution in [0.25, 0.3) is 0 Å². The average Bonchev–Trinajstić information content (AvgIpc) is 2.35. The third kappa shape index (κ3) is 12.9. The Morgan fingerprint density at radius 1 is 0.941 bits per heavy atom. The van der Waals surface area contributed by atoms with Crippen LogP contribution in [0.4, 0.5) is 0 Å². The van der Waals surface area contributed by atoms with Crippen molar-refractivity contribution in [1.82, 2.24) is 0 Å². The second-order valence-electron chi connectivity index (χ2n) is 4.42. The van der Waals surface area contributed by atoms with Crippen LogP contribution in [0.3, 0.4) is 0 Å². The van der Waals surface area contributed by atoms with Gasteiger partial charge >= 0.3 is 5.97 Å². The molecule has 0 aliphatic rings. The first-order chi connectivity index (χ1) is 8.31. The minimum Gasteiger partial charge on any atom is -0.469 e. The first-order valence-electron chi connectivity index (χ1n) is 6.75. The topological polar surface area (TPSA) is 50.1 Å². The van der Waals surface area contributed by atoms with Gasteiger partial charge in [0.2, 0.25) is 0 Å². The fraction of sp³-hybridized carbons (Fsp3) is 0.857. The highest BCUT2D eigenvalue weighted by Crippen LogP contribution is 2.11. The lowest BCUT2D eigenvalue weighted by molar-refractivity contribution is -0.140. The Labute approximate surface area is 105 Å². The number of methoxy groups -OCH3 is 1. The van der Waals surface area contributed by atoms with E-state index in [-0.39, 0.29) is 5.97 Å². The van der Waals surface area contributed by atoms with E-state index in [0.717, 1.165) is 19.3 Å². The Morgan fingerprint density at radius 3 is 1.88 bits per heavy atom. The quantitative estimate of drug-likeness (QED) is 0.405. The van der Waals surface area contributed by atoms with E-state index in [9.17, 15) is 4.79 Å². The predicted octanol–water partition coefficient (Wildman–Crippen LogP) is 3.97. The van der Waals surface area contributed by atoms with Gasteiger partial charge in [-0.2, -0.15) is 5.26 Å². The molecule has 3 heteroatoms. The number of esters is 1. The molecule has 98 valence electrons. The Kier molecular flexibility index (Phi) is 12.2. The lowest BCUT2D eigenvalue weighted by Gasteiger charge is -2.01. The summed E-state index contributed by atoms with van der Waals surface area (Å²) in [5.41, 5.74) is 0. The summed E-state index contributed by atoms with van der Waals surface area (Å²) in [6.07, 6.45) is 11.9. The van der Waals surface area contributed by atoms with Gasteiger partial charge in [-0.3, -0.25) is 4.79 Å². The van der Waals surface area contributed by atoms with Crippen molar-refractivity contribution in [3.63, 3.8) is 0 Å². The van der Waals surface area contributed by atoms with Crippen LogP contribution < -0.4 is 0 Å². The van der Waals surface area contributed by atoms with Gasteiger partial charge in [-0.1, -0.05) is 44.9 Å². The van der Waals surface area contributed by atoms with Crippen LogP contribution in [0.15, 0.2) is 0 Å². The van der Waals surface area contributed by atoms with Gasteiger partial charge in [0.05, 0.1) is 13.2 Å². The summed E-state index contributed by atoms with van der Waals surface area (Å²) in [7, 11) is 1.44. The molecule has 0 saturated carbocycles. The smallest absolute Gasteiger partial charge is 0.305 e. The Bertz CT molecular complexity index is 221. The molecule has 0 amide bonds. The minimum absolute atomic E-state index is 0.0949. The number of ether oxygens (including phenoxy) is 1. The summed E-state index contributed by atoms with van der Waals surface area (Å²) in [5.74, 6) is -0.0949. The summed E-state index contributed by atoms with van der Waals surface area (Å²) in [6.45, 7) is 0. The van der Waals surface area contributed by atoms with Crippen LogP contribution in [0.5, 0.6) is 0 Å². The highest BCUT2D eigenvalue weighted by atomic mass is 16.5. The van der Waals surface area contributed by atoms with Crippen LogP contribution in [0.1, 0.15) is 70.6 Å². The number of hydrogen-bond acceptors (Lipinski definition) is 3. The Hall–Kier alpha value is -1.04. The van der Waals surface area contributed by atoms with Crippen molar-refractivity contribution in [3.05, 3.63) is 0 Å². The van der Waals surface area contributed by atoms with Crippen molar-refractivity contribution in [1.29, 1.82) is 5.26 Å². The average molecular weight is 239 g/mol. The van der Waals surface area contributed by atoms with E-state index in [1.165, 1.54) is 45.6 Å². The summed E-state index contributed by atoms with van der Waals surface area (Å²) in [5, 5.41) is 8.36. The molecule has 0 unspecified atom stereocenters. The highest BCUT2D eigenvalue weighted by molar-refractivity contribution is 5.68. The largest absolute Gasteiger partial charge is 0.469 e. The minimum atomic E-state index is -0.0949. The van der Waals surface area contributed by atoms with Gasteiger partial charge < -0.3 is 4.74 Å². The van der Waals surface area contributed by atoms with Crippen LogP contribution in [-0.2, 0) is 9.53 Å². The van der Waals surface area contributed by atoms with Gasteiger partial charge in [0.25, 0.3) is 0 Å². The van der Waals surface area contributed by atoms with E-state index in [0.29, 0.717) is 12.8 Å². The molecule has 0 N–H and O–H groups in total. The van der Waals surface area contributed by atoms with E-state index < -0.39 is 0 Å². The highest BCUT2D eigenvalue weighted by Gasteiger charge is 1.98. The molecule has 0 fully saturated rings. The number of carbonyl (C=O) groups is 1. The first kappa shape index (κ1) is 16.0. The van der Waals surface area contributed by atoms with Gasteiger partial charge in [0.15, 0.2) is 0 Å². The normalized spacial score (nSPS) is 9.88. The zero-order valence-electron chi connectivity index (χ0n) is 11.0. The first-order valence-corrected chi connectivity index (χ1v) is 6.75. The number of nitrogens with zero attached hydrogens (tertiary/aromatic N) is 1. The molecule has 0 aromatic carbocycles. The van der Waals surface area contributed by atoms with Crippen molar-refractivity contribution < 1.29 is 9.53 Å². The predicted molar refractivity (Wildman–Crippen MR) is 68.4 cm³/mol. The molecule has 0 spiro atoms. The van der Waals surface area contributed by atoms with Crippen LogP contribution in [-0.4, -0.2) is 13.1 Å². The number of unbranched alkanes of at least 4 members (excludes halogenated alkanes) is 9. The molecule has 0 radical (unpaired) electrons. The van der Waals surface area contributed by atoms with Crippen molar-refractivity contribution in [2.24, 2.45) is 0 Å². The fourth-order valence-electron chi connectivity index (χ4n) is 1.81. The van der Waals surface area contributed by atoms with Crippen LogP contribution in [0, 0.1) is 11.3 Å². The van der Waals surface area contributed by atoms with Gasteiger partial charge in [-0.05, 0) is 12.8 Å². The lowest BCUT2D eigenvalue weighted by atomic mass is 10.1. The van der Waals surface area contributed by atoms with Crippen LogP contribution >= 0.6 is 0 Å². The SMILES string of the molecule is COC(=O)CCCCCCCCCCCC#N. The number of nitriles is 1. The maximum atomic E-state index is 10.8. The summed E-state index contributed by atoms with van der Waals surface area (Å²) >= 11 is 0. The zero-order valence-corrected chi connectivity index (χ0v) is 11.0. The van der Waals surface area contributed by atoms with Crippen LogP contribution in [0.2, 0.25) is 0 Å². The second kappa shape index (κ2) is 13.0. The van der Waals surface area contributed by atoms with Gasteiger partial charge in [-0.15, -0.1) is 0 Å². The lowest BCUT2D eigenvalue weighted by Crippen LogP contribution is -1.99. The molecule has 0 heterocycles. The van der Waals surface area contributed by atoms with E-state index in [2.05, 4.69) is 10.8 Å². The third-order valence-electron chi connectivity index (χ3n) is 2.90. The molecule has 0 saturated heterocycles. The molecule has 17 heavy (non-hydrogen) atoms. The molecule has 0 aromatic heterocycles. The Morgan fingerprint density at radius 2 is 1.41 bits per heavy atom. The molecule has 0 atom stereocenters. The summed E-state index contributed by atoms with van der Waals surface area (Å²) < 4.78 is 4.58. The van der Waals surface area contributed by atoms with E-state index >= 15 is 0 Å². The summed E-state index contributed by atoms with van der Waals surface area (Å²) in [4.78, 5) is 10.8. The fourth-order valence-corrected chi connectivity index (χ4v) is 1.81. The van der Waals surface area contributed by atoms with E-state index in [1.54, 1.807) is 0 Å². The van der Waals surface area contributed by atoms with Crippen molar-refractivity contribution in [3.8, 4) is 6.07 Å². The molecular weight excluding hydrogens is 214 g/mol. The van der Waals surface area contributed by atoms with Crippen molar-refractivity contribution in [2.45, 2.75) is 70.6 Å². The second-order valence-corrected chi connectivity index (χ2v) is 4.42. The van der Waals surface area contributed by atoms with Gasteiger partial charge in [-0.25, -0.2) is 0 Å². The molecular formula is C14H25NO2. The van der Waals surface area contributed by atoms with E-state index in [1.807, 2.05) is 0 Å². The molecule has 0 aromatic rings. The van der Waals surface area contributed by atoms with Gasteiger partial charge in [0, 0.05) is 12.8 Å². The van der Waals surface area contributed by atoms with Crippen molar-refractivity contribution >= 4 is 5.97 Å². The maximum absolute atomic E-state index is 10.8.